The molecule has 4 heterocycles. The number of aryl methyl sites for hydroxylation is 2. The Morgan fingerprint density at radius 3 is 2.69 bits per heavy atom. The first-order chi connectivity index (χ1) is 16.8. The highest BCUT2D eigenvalue weighted by Gasteiger charge is 2.36. The molecule has 2 amide bonds. The third-order valence-corrected chi connectivity index (χ3v) is 7.20. The zero-order valence-corrected chi connectivity index (χ0v) is 20.7. The van der Waals surface area contributed by atoms with E-state index in [9.17, 15) is 9.59 Å². The molecule has 35 heavy (non-hydrogen) atoms. The topological polar surface area (TPSA) is 103 Å². The van der Waals surface area contributed by atoms with Gasteiger partial charge in [0.1, 0.15) is 5.04 Å². The molecule has 1 saturated heterocycles. The molecule has 2 aromatic rings. The summed E-state index contributed by atoms with van der Waals surface area (Å²) in [5.41, 5.74) is 5.23. The normalized spacial score (nSPS) is 19.2. The van der Waals surface area contributed by atoms with Crippen LogP contribution in [0.5, 0.6) is 0 Å². The molecule has 0 atom stereocenters. The van der Waals surface area contributed by atoms with E-state index in [2.05, 4.69) is 33.7 Å². The van der Waals surface area contributed by atoms with Gasteiger partial charge in [0.15, 0.2) is 5.84 Å². The number of para-hydroxylation sites is 1. The minimum absolute atomic E-state index is 0.0398. The molecular formula is C25H26N6O3S. The van der Waals surface area contributed by atoms with Crippen LogP contribution in [0, 0.1) is 26.2 Å². The molecule has 0 radical (unpaired) electrons. The Morgan fingerprint density at radius 2 is 1.94 bits per heavy atom. The summed E-state index contributed by atoms with van der Waals surface area (Å²) in [6.45, 7) is 8.26. The smallest absolute Gasteiger partial charge is 0.283 e. The van der Waals surface area contributed by atoms with Crippen molar-refractivity contribution in [2.24, 2.45) is 10.1 Å². The number of rotatable bonds is 4. The Morgan fingerprint density at radius 1 is 1.20 bits per heavy atom. The fraction of sp³-hybridized carbons (Fsp3) is 0.320. The van der Waals surface area contributed by atoms with Gasteiger partial charge in [-0.25, -0.2) is 0 Å². The van der Waals surface area contributed by atoms with Gasteiger partial charge in [-0.3, -0.25) is 15.0 Å². The van der Waals surface area contributed by atoms with Gasteiger partial charge in [0.2, 0.25) is 11.1 Å². The first kappa shape index (κ1) is 23.3. The number of carbonyl (C=O) groups excluding carboxylic acids is 2. The van der Waals surface area contributed by atoms with Gasteiger partial charge >= 0.3 is 0 Å². The predicted octanol–water partition coefficient (Wildman–Crippen LogP) is 3.27. The maximum atomic E-state index is 12.9. The largest absolute Gasteiger partial charge is 0.378 e. The third-order valence-electron chi connectivity index (χ3n) is 6.29. The van der Waals surface area contributed by atoms with Crippen LogP contribution in [-0.2, 0) is 14.3 Å². The average molecular weight is 491 g/mol. The average Bonchev–Trinajstić information content (AvgIpc) is 3.37. The van der Waals surface area contributed by atoms with Crippen LogP contribution in [0.1, 0.15) is 28.9 Å². The van der Waals surface area contributed by atoms with E-state index in [-0.39, 0.29) is 23.7 Å². The second-order valence-corrected chi connectivity index (χ2v) is 9.67. The van der Waals surface area contributed by atoms with Crippen molar-refractivity contribution in [3.63, 3.8) is 0 Å². The van der Waals surface area contributed by atoms with E-state index < -0.39 is 5.91 Å². The van der Waals surface area contributed by atoms with E-state index >= 15 is 0 Å². The van der Waals surface area contributed by atoms with Gasteiger partial charge in [-0.2, -0.15) is 15.1 Å². The molecule has 1 aromatic heterocycles. The third kappa shape index (κ3) is 4.35. The SMILES string of the molecule is Cc1ccccc1-n1c(C)cc(/C=C2\C(=N)N3N=C(CC(=O)N4CCOCC4)SC3=NC2=O)c1C. The predicted molar refractivity (Wildman–Crippen MR) is 137 cm³/mol. The van der Waals surface area contributed by atoms with Crippen molar-refractivity contribution in [3.05, 3.63) is 58.4 Å². The van der Waals surface area contributed by atoms with Crippen LogP contribution in [0.3, 0.4) is 0 Å². The van der Waals surface area contributed by atoms with E-state index in [1.54, 1.807) is 11.0 Å². The number of aliphatic imine (C=N–C) groups is 1. The van der Waals surface area contributed by atoms with Gasteiger partial charge in [-0.1, -0.05) is 18.2 Å². The Kier molecular flexibility index (Phi) is 6.16. The molecule has 0 spiro atoms. The molecule has 0 unspecified atom stereocenters. The first-order valence-electron chi connectivity index (χ1n) is 11.4. The summed E-state index contributed by atoms with van der Waals surface area (Å²) in [6, 6.07) is 10.1. The minimum Gasteiger partial charge on any atom is -0.378 e. The fourth-order valence-electron chi connectivity index (χ4n) is 4.43. The number of thioether (sulfide) groups is 1. The van der Waals surface area contributed by atoms with Crippen LogP contribution in [0.2, 0.25) is 0 Å². The lowest BCUT2D eigenvalue weighted by molar-refractivity contribution is -0.133. The molecule has 1 aromatic carbocycles. The van der Waals surface area contributed by atoms with Crippen LogP contribution in [0.15, 0.2) is 46.0 Å². The van der Waals surface area contributed by atoms with Crippen LogP contribution in [-0.4, -0.2) is 68.6 Å². The second kappa shape index (κ2) is 9.27. The number of benzene rings is 1. The Bertz CT molecular complexity index is 1330. The van der Waals surface area contributed by atoms with Crippen molar-refractivity contribution < 1.29 is 14.3 Å². The molecule has 3 aliphatic heterocycles. The summed E-state index contributed by atoms with van der Waals surface area (Å²) >= 11 is 1.17. The second-order valence-electron chi connectivity index (χ2n) is 8.63. The molecule has 0 aliphatic carbocycles. The quantitative estimate of drug-likeness (QED) is 0.663. The first-order valence-corrected chi connectivity index (χ1v) is 12.2. The van der Waals surface area contributed by atoms with Crippen molar-refractivity contribution in [3.8, 4) is 5.69 Å². The lowest BCUT2D eigenvalue weighted by atomic mass is 10.1. The number of hydrogen-bond acceptors (Lipinski definition) is 6. The van der Waals surface area contributed by atoms with Gasteiger partial charge in [0.25, 0.3) is 5.91 Å². The van der Waals surface area contributed by atoms with Crippen LogP contribution >= 0.6 is 11.8 Å². The van der Waals surface area contributed by atoms with E-state index in [1.807, 2.05) is 32.0 Å². The van der Waals surface area contributed by atoms with Crippen molar-refractivity contribution in [2.45, 2.75) is 27.2 Å². The Balaban J connectivity index is 1.40. The van der Waals surface area contributed by atoms with E-state index in [1.165, 1.54) is 16.8 Å². The number of fused-ring (bicyclic) bond motifs is 1. The van der Waals surface area contributed by atoms with Crippen molar-refractivity contribution >= 4 is 45.7 Å². The summed E-state index contributed by atoms with van der Waals surface area (Å²) in [5.74, 6) is -0.565. The summed E-state index contributed by atoms with van der Waals surface area (Å²) in [4.78, 5) is 31.4. The Hall–Kier alpha value is -3.50. The standard InChI is InChI=1S/C25H26N6O3S/c1-15-6-4-5-7-20(15)30-16(2)12-18(17(30)3)13-19-23(26)31-25(27-24(19)33)35-21(28-31)14-22(32)29-8-10-34-11-9-29/h4-7,12-13,26H,8-11,14H2,1-3H3/b19-13+,26-23?. The number of ether oxygens (including phenoxy) is 1. The molecule has 3 aliphatic rings. The molecule has 0 bridgehead atoms. The maximum absolute atomic E-state index is 12.9. The summed E-state index contributed by atoms with van der Waals surface area (Å²) in [5, 5.41) is 15.3. The highest BCUT2D eigenvalue weighted by atomic mass is 32.2. The highest BCUT2D eigenvalue weighted by molar-refractivity contribution is 8.27. The van der Waals surface area contributed by atoms with Crippen LogP contribution in [0.25, 0.3) is 11.8 Å². The number of aromatic nitrogens is 1. The monoisotopic (exact) mass is 490 g/mol. The summed E-state index contributed by atoms with van der Waals surface area (Å²) in [6.07, 6.45) is 1.82. The van der Waals surface area contributed by atoms with Crippen molar-refractivity contribution in [2.75, 3.05) is 26.3 Å². The number of morpholine rings is 1. The molecule has 9 nitrogen and oxygen atoms in total. The number of hydrogen-bond donors (Lipinski definition) is 1. The van der Waals surface area contributed by atoms with Gasteiger partial charge in [-0.15, -0.1) is 0 Å². The number of amides is 2. The molecule has 1 fully saturated rings. The van der Waals surface area contributed by atoms with Crippen molar-refractivity contribution in [1.82, 2.24) is 14.5 Å². The molecule has 1 N–H and O–H groups in total. The van der Waals surface area contributed by atoms with Gasteiger partial charge in [0, 0.05) is 30.2 Å². The van der Waals surface area contributed by atoms with Gasteiger partial charge in [-0.05, 0) is 61.9 Å². The highest BCUT2D eigenvalue weighted by Crippen LogP contribution is 2.31. The zero-order valence-electron chi connectivity index (χ0n) is 19.9. The van der Waals surface area contributed by atoms with E-state index in [0.29, 0.717) is 36.5 Å². The molecular weight excluding hydrogens is 464 g/mol. The maximum Gasteiger partial charge on any atom is 0.283 e. The Labute approximate surface area is 207 Å². The van der Waals surface area contributed by atoms with E-state index in [4.69, 9.17) is 10.1 Å². The summed E-state index contributed by atoms with van der Waals surface area (Å²) in [7, 11) is 0. The molecule has 10 heteroatoms. The lowest BCUT2D eigenvalue weighted by Gasteiger charge is -2.26. The lowest BCUT2D eigenvalue weighted by Crippen LogP contribution is -2.41. The van der Waals surface area contributed by atoms with Crippen molar-refractivity contribution in [1.29, 1.82) is 5.41 Å². The van der Waals surface area contributed by atoms with Crippen LogP contribution < -0.4 is 0 Å². The molecule has 5 rings (SSSR count). The number of amidine groups is 2. The number of carbonyl (C=O) groups is 2. The van der Waals surface area contributed by atoms with Crippen LogP contribution in [0.4, 0.5) is 0 Å². The van der Waals surface area contributed by atoms with Gasteiger partial charge < -0.3 is 14.2 Å². The molecule has 0 saturated carbocycles. The van der Waals surface area contributed by atoms with E-state index in [0.717, 1.165) is 28.2 Å². The zero-order chi connectivity index (χ0) is 24.7. The fourth-order valence-corrected chi connectivity index (χ4v) is 5.31. The number of hydrazone groups is 1. The van der Waals surface area contributed by atoms with Gasteiger partial charge in [0.05, 0.1) is 25.2 Å². The summed E-state index contributed by atoms with van der Waals surface area (Å²) < 4.78 is 7.45. The number of nitrogens with one attached hydrogen (secondary N) is 1. The minimum atomic E-state index is -0.481. The molecule has 180 valence electrons. The number of nitrogens with zero attached hydrogens (tertiary/aromatic N) is 5.